The second kappa shape index (κ2) is 7.23. The first-order valence-electron chi connectivity index (χ1n) is 9.12. The summed E-state index contributed by atoms with van der Waals surface area (Å²) in [5.41, 5.74) is -0.114. The van der Waals surface area contributed by atoms with E-state index in [1.54, 1.807) is 12.0 Å². The molecule has 26 heavy (non-hydrogen) atoms. The molecule has 0 aromatic heterocycles. The molecule has 7 nitrogen and oxygen atoms in total. The van der Waals surface area contributed by atoms with Crippen LogP contribution in [0.4, 0.5) is 0 Å². The number of methoxy groups -OCH3 is 1. The molecule has 2 aliphatic rings. The molecular formula is C19H26N2O5. The average molecular weight is 362 g/mol. The first-order chi connectivity index (χ1) is 12.3. The SMILES string of the molecule is COc1cccc(CCCN2C(=O)CC3[C@H](C[N+](=O)[O-])C(C)CC32O)c1. The van der Waals surface area contributed by atoms with Gasteiger partial charge in [0.15, 0.2) is 0 Å². The first kappa shape index (κ1) is 18.6. The smallest absolute Gasteiger partial charge is 0.225 e. The van der Waals surface area contributed by atoms with E-state index in [2.05, 4.69) is 0 Å². The Kier molecular flexibility index (Phi) is 5.18. The van der Waals surface area contributed by atoms with Gasteiger partial charge in [-0.15, -0.1) is 0 Å². The summed E-state index contributed by atoms with van der Waals surface area (Å²) in [6.45, 7) is 2.21. The van der Waals surface area contributed by atoms with Crippen molar-refractivity contribution in [3.05, 3.63) is 39.9 Å². The number of nitrogens with zero attached hydrogens (tertiary/aromatic N) is 2. The van der Waals surface area contributed by atoms with E-state index in [4.69, 9.17) is 4.74 Å². The Bertz CT molecular complexity index is 694. The van der Waals surface area contributed by atoms with Crippen LogP contribution in [0.1, 0.15) is 31.7 Å². The normalized spacial score (nSPS) is 30.5. The van der Waals surface area contributed by atoms with Crippen molar-refractivity contribution in [2.75, 3.05) is 20.2 Å². The van der Waals surface area contributed by atoms with Gasteiger partial charge in [-0.05, 0) is 42.9 Å². The van der Waals surface area contributed by atoms with Crippen molar-refractivity contribution in [2.24, 2.45) is 17.8 Å². The zero-order chi connectivity index (χ0) is 18.9. The number of benzene rings is 1. The van der Waals surface area contributed by atoms with Crippen molar-refractivity contribution in [2.45, 2.75) is 38.3 Å². The number of ether oxygens (including phenoxy) is 1. The van der Waals surface area contributed by atoms with E-state index < -0.39 is 5.72 Å². The van der Waals surface area contributed by atoms with Gasteiger partial charge in [0.2, 0.25) is 12.5 Å². The molecule has 1 aliphatic carbocycles. The zero-order valence-corrected chi connectivity index (χ0v) is 15.3. The van der Waals surface area contributed by atoms with Crippen LogP contribution in [0.25, 0.3) is 0 Å². The van der Waals surface area contributed by atoms with E-state index in [-0.39, 0.29) is 41.5 Å². The molecule has 7 heteroatoms. The Labute approximate surface area is 153 Å². The quantitative estimate of drug-likeness (QED) is 0.592. The fourth-order valence-electron chi connectivity index (χ4n) is 4.72. The maximum absolute atomic E-state index is 12.4. The monoisotopic (exact) mass is 362 g/mol. The van der Waals surface area contributed by atoms with Gasteiger partial charge < -0.3 is 14.7 Å². The number of aliphatic hydroxyl groups is 1. The minimum Gasteiger partial charge on any atom is -0.497 e. The van der Waals surface area contributed by atoms with E-state index in [1.807, 2.05) is 31.2 Å². The van der Waals surface area contributed by atoms with Crippen LogP contribution in [0, 0.1) is 27.9 Å². The largest absolute Gasteiger partial charge is 0.497 e. The number of hydrogen-bond donors (Lipinski definition) is 1. The molecule has 0 bridgehead atoms. The van der Waals surface area contributed by atoms with Gasteiger partial charge in [0.05, 0.1) is 7.11 Å². The van der Waals surface area contributed by atoms with Crippen LogP contribution in [-0.4, -0.2) is 46.8 Å². The Morgan fingerprint density at radius 2 is 2.23 bits per heavy atom. The number of carbonyl (C=O) groups is 1. The summed E-state index contributed by atoms with van der Waals surface area (Å²) in [5.74, 6) is 0.146. The van der Waals surface area contributed by atoms with E-state index in [0.29, 0.717) is 13.0 Å². The van der Waals surface area contributed by atoms with Crippen molar-refractivity contribution in [1.29, 1.82) is 0 Å². The third kappa shape index (κ3) is 3.40. The number of likely N-dealkylation sites (tertiary alicyclic amines) is 1. The molecule has 1 aromatic rings. The van der Waals surface area contributed by atoms with Gasteiger partial charge in [-0.3, -0.25) is 14.9 Å². The Balaban J connectivity index is 1.65. The fraction of sp³-hybridized carbons (Fsp3) is 0.632. The second-order valence-corrected chi connectivity index (χ2v) is 7.55. The van der Waals surface area contributed by atoms with Crippen LogP contribution in [0.5, 0.6) is 5.75 Å². The summed E-state index contributed by atoms with van der Waals surface area (Å²) >= 11 is 0. The summed E-state index contributed by atoms with van der Waals surface area (Å²) in [4.78, 5) is 24.6. The second-order valence-electron chi connectivity index (χ2n) is 7.55. The van der Waals surface area contributed by atoms with Crippen LogP contribution in [0.2, 0.25) is 0 Å². The van der Waals surface area contributed by atoms with Gasteiger partial charge in [-0.25, -0.2) is 0 Å². The molecule has 4 atom stereocenters. The molecule has 1 saturated carbocycles. The number of carbonyl (C=O) groups excluding carboxylic acids is 1. The number of aryl methyl sites for hydroxylation is 1. The summed E-state index contributed by atoms with van der Waals surface area (Å²) < 4.78 is 5.22. The lowest BCUT2D eigenvalue weighted by Gasteiger charge is -2.34. The maximum atomic E-state index is 12.4. The highest BCUT2D eigenvalue weighted by Crippen LogP contribution is 2.52. The molecule has 1 aliphatic heterocycles. The van der Waals surface area contributed by atoms with Crippen LogP contribution in [0.3, 0.4) is 0 Å². The van der Waals surface area contributed by atoms with Gasteiger partial charge in [0.1, 0.15) is 11.5 Å². The molecule has 1 amide bonds. The third-order valence-corrected chi connectivity index (χ3v) is 5.97. The van der Waals surface area contributed by atoms with Gasteiger partial charge in [0.25, 0.3) is 0 Å². The summed E-state index contributed by atoms with van der Waals surface area (Å²) in [6, 6.07) is 7.79. The predicted molar refractivity (Wildman–Crippen MR) is 95.2 cm³/mol. The van der Waals surface area contributed by atoms with Gasteiger partial charge in [-0.1, -0.05) is 19.1 Å². The van der Waals surface area contributed by atoms with E-state index in [9.17, 15) is 20.0 Å². The minimum absolute atomic E-state index is 0.0318. The molecule has 3 rings (SSSR count). The van der Waals surface area contributed by atoms with E-state index in [0.717, 1.165) is 24.2 Å². The van der Waals surface area contributed by atoms with Crippen molar-refractivity contribution >= 4 is 5.91 Å². The molecule has 0 radical (unpaired) electrons. The topological polar surface area (TPSA) is 92.9 Å². The maximum Gasteiger partial charge on any atom is 0.225 e. The van der Waals surface area contributed by atoms with E-state index in [1.165, 1.54) is 0 Å². The minimum atomic E-state index is -1.23. The molecule has 1 N–H and O–H groups in total. The van der Waals surface area contributed by atoms with E-state index >= 15 is 0 Å². The number of hydrogen-bond acceptors (Lipinski definition) is 5. The number of fused-ring (bicyclic) bond motifs is 1. The Hall–Kier alpha value is -2.15. The molecule has 1 saturated heterocycles. The average Bonchev–Trinajstić information content (AvgIpc) is 2.96. The fourth-order valence-corrected chi connectivity index (χ4v) is 4.72. The van der Waals surface area contributed by atoms with Gasteiger partial charge >= 0.3 is 0 Å². The molecule has 0 spiro atoms. The highest BCUT2D eigenvalue weighted by atomic mass is 16.6. The molecular weight excluding hydrogens is 336 g/mol. The van der Waals surface area contributed by atoms with Crippen molar-refractivity contribution in [3.63, 3.8) is 0 Å². The van der Waals surface area contributed by atoms with Crippen molar-refractivity contribution in [3.8, 4) is 5.75 Å². The predicted octanol–water partition coefficient (Wildman–Crippen LogP) is 2.10. The van der Waals surface area contributed by atoms with Crippen LogP contribution in [0.15, 0.2) is 24.3 Å². The molecule has 1 heterocycles. The summed E-state index contributed by atoms with van der Waals surface area (Å²) in [5, 5.41) is 22.1. The van der Waals surface area contributed by atoms with Crippen LogP contribution < -0.4 is 4.74 Å². The zero-order valence-electron chi connectivity index (χ0n) is 15.3. The molecule has 1 aromatic carbocycles. The van der Waals surface area contributed by atoms with Crippen LogP contribution >= 0.6 is 0 Å². The lowest BCUT2D eigenvalue weighted by atomic mass is 9.88. The first-order valence-corrected chi connectivity index (χ1v) is 9.12. The Morgan fingerprint density at radius 1 is 1.46 bits per heavy atom. The Morgan fingerprint density at radius 3 is 2.92 bits per heavy atom. The molecule has 2 fully saturated rings. The highest BCUT2D eigenvalue weighted by molar-refractivity contribution is 5.80. The standard InChI is InChI=1S/C19H26N2O5/c1-13-11-19(23)17(16(13)12-21(24)25)10-18(22)20(19)8-4-6-14-5-3-7-15(9-14)26-2/h3,5,7,9,13,16-17,23H,4,6,8,10-12H2,1-2H3/t13?,16-,17?,19?/m1/s1. The molecule has 3 unspecified atom stereocenters. The van der Waals surface area contributed by atoms with Crippen LogP contribution in [-0.2, 0) is 11.2 Å². The number of rotatable bonds is 7. The highest BCUT2D eigenvalue weighted by Gasteiger charge is 2.61. The lowest BCUT2D eigenvalue weighted by Crippen LogP contribution is -2.48. The number of nitro groups is 1. The lowest BCUT2D eigenvalue weighted by molar-refractivity contribution is -0.491. The van der Waals surface area contributed by atoms with Gasteiger partial charge in [-0.2, -0.15) is 0 Å². The van der Waals surface area contributed by atoms with Crippen molar-refractivity contribution in [1.82, 2.24) is 4.90 Å². The molecule has 142 valence electrons. The number of amides is 1. The van der Waals surface area contributed by atoms with Crippen molar-refractivity contribution < 1.29 is 19.6 Å². The van der Waals surface area contributed by atoms with Gasteiger partial charge in [0, 0.05) is 29.7 Å². The summed E-state index contributed by atoms with van der Waals surface area (Å²) in [7, 11) is 1.63. The summed E-state index contributed by atoms with van der Waals surface area (Å²) in [6.07, 6.45) is 2.12. The third-order valence-electron chi connectivity index (χ3n) is 5.97.